The molecule has 8 nitrogen and oxygen atoms in total. The Kier molecular flexibility index (Phi) is 7.30. The average Bonchev–Trinajstić information content (AvgIpc) is 3.18. The van der Waals surface area contributed by atoms with Gasteiger partial charge < -0.3 is 18.9 Å². The first-order valence-corrected chi connectivity index (χ1v) is 12.2. The van der Waals surface area contributed by atoms with Crippen LogP contribution in [0.25, 0.3) is 6.08 Å². The predicted molar refractivity (Wildman–Crippen MR) is 138 cm³/mol. The van der Waals surface area contributed by atoms with Crippen molar-refractivity contribution < 1.29 is 23.7 Å². The number of aromatic nitrogens is 1. The van der Waals surface area contributed by atoms with Gasteiger partial charge >= 0.3 is 5.97 Å². The number of esters is 1. The van der Waals surface area contributed by atoms with Crippen LogP contribution in [0, 0.1) is 6.92 Å². The number of aryl methyl sites for hydroxylation is 1. The number of ether oxygens (including phenoxy) is 4. The molecule has 0 unspecified atom stereocenters. The van der Waals surface area contributed by atoms with Gasteiger partial charge in [0.25, 0.3) is 5.56 Å². The van der Waals surface area contributed by atoms with Crippen molar-refractivity contribution in [3.8, 4) is 17.2 Å². The molecule has 1 aliphatic heterocycles. The fraction of sp³-hybridized carbons (Fsp3) is 0.296. The summed E-state index contributed by atoms with van der Waals surface area (Å²) in [6, 6.07) is 10.3. The van der Waals surface area contributed by atoms with E-state index in [9.17, 15) is 9.59 Å². The highest BCUT2D eigenvalue weighted by molar-refractivity contribution is 7.07. The quantitative estimate of drug-likeness (QED) is 0.456. The molecule has 0 N–H and O–H groups in total. The van der Waals surface area contributed by atoms with Crippen molar-refractivity contribution in [1.82, 2.24) is 4.57 Å². The van der Waals surface area contributed by atoms with Crippen molar-refractivity contribution in [3.05, 3.63) is 84.0 Å². The van der Waals surface area contributed by atoms with Crippen LogP contribution in [0.15, 0.2) is 57.5 Å². The van der Waals surface area contributed by atoms with Gasteiger partial charge in [-0.25, -0.2) is 9.79 Å². The largest absolute Gasteiger partial charge is 0.496 e. The molecule has 2 aromatic carbocycles. The van der Waals surface area contributed by atoms with Crippen LogP contribution >= 0.6 is 11.3 Å². The van der Waals surface area contributed by atoms with Gasteiger partial charge in [0, 0.05) is 0 Å². The Bertz CT molecular complexity index is 1530. The summed E-state index contributed by atoms with van der Waals surface area (Å²) in [4.78, 5) is 31.9. The first-order valence-electron chi connectivity index (χ1n) is 11.4. The van der Waals surface area contributed by atoms with E-state index in [4.69, 9.17) is 18.9 Å². The lowest BCUT2D eigenvalue weighted by Crippen LogP contribution is -2.39. The van der Waals surface area contributed by atoms with E-state index in [1.54, 1.807) is 50.8 Å². The molecule has 0 radical (unpaired) electrons. The molecular weight excluding hydrogens is 480 g/mol. The SMILES string of the molecule is CCOC(=O)C1=C(C)N=c2s/c(=C/c3ccc(C)c(OC)c3)c(=O)n2[C@@H]1c1ccc(OC)c(OC)c1. The van der Waals surface area contributed by atoms with Crippen LogP contribution in [0.5, 0.6) is 17.2 Å². The standard InChI is InChI=1S/C27H28N2O6S/c1-7-35-26(31)23-16(3)28-27-29(24(23)18-10-11-19(32-4)21(14-18)34-6)25(30)22(36-27)13-17-9-8-15(2)20(12-17)33-5/h8-14,24H,7H2,1-6H3/b22-13+/t24-/m1/s1. The zero-order valence-corrected chi connectivity index (χ0v) is 21.9. The maximum absolute atomic E-state index is 13.8. The second-order valence-corrected chi connectivity index (χ2v) is 9.15. The van der Waals surface area contributed by atoms with E-state index < -0.39 is 12.0 Å². The number of methoxy groups -OCH3 is 3. The maximum Gasteiger partial charge on any atom is 0.338 e. The molecule has 1 aromatic heterocycles. The van der Waals surface area contributed by atoms with Crippen molar-refractivity contribution in [2.75, 3.05) is 27.9 Å². The summed E-state index contributed by atoms with van der Waals surface area (Å²) in [6.45, 7) is 5.65. The summed E-state index contributed by atoms with van der Waals surface area (Å²) in [7, 11) is 4.70. The van der Waals surface area contributed by atoms with E-state index >= 15 is 0 Å². The van der Waals surface area contributed by atoms with Gasteiger partial charge in [-0.3, -0.25) is 9.36 Å². The predicted octanol–water partition coefficient (Wildman–Crippen LogP) is 3.13. The molecule has 0 aliphatic carbocycles. The first-order chi connectivity index (χ1) is 17.3. The molecule has 0 saturated carbocycles. The maximum atomic E-state index is 13.8. The molecule has 0 fully saturated rings. The van der Waals surface area contributed by atoms with Gasteiger partial charge in [0.15, 0.2) is 16.3 Å². The molecule has 0 bridgehead atoms. The van der Waals surface area contributed by atoms with Crippen molar-refractivity contribution in [3.63, 3.8) is 0 Å². The fourth-order valence-corrected chi connectivity index (χ4v) is 5.25. The number of benzene rings is 2. The Balaban J connectivity index is 1.96. The molecule has 4 rings (SSSR count). The Morgan fingerprint density at radius 1 is 1.03 bits per heavy atom. The minimum absolute atomic E-state index is 0.202. The minimum Gasteiger partial charge on any atom is -0.496 e. The smallest absolute Gasteiger partial charge is 0.338 e. The molecular formula is C27H28N2O6S. The van der Waals surface area contributed by atoms with Crippen LogP contribution < -0.4 is 29.1 Å². The summed E-state index contributed by atoms with van der Waals surface area (Å²) in [5.41, 5.74) is 3.05. The molecule has 9 heteroatoms. The van der Waals surface area contributed by atoms with Crippen molar-refractivity contribution >= 4 is 23.4 Å². The highest BCUT2D eigenvalue weighted by Gasteiger charge is 2.33. The van der Waals surface area contributed by atoms with Crippen molar-refractivity contribution in [2.45, 2.75) is 26.8 Å². The Morgan fingerprint density at radius 2 is 1.75 bits per heavy atom. The summed E-state index contributed by atoms with van der Waals surface area (Å²) in [6.07, 6.45) is 1.81. The van der Waals surface area contributed by atoms with E-state index in [2.05, 4.69) is 4.99 Å². The third kappa shape index (κ3) is 4.54. The number of carbonyl (C=O) groups excluding carboxylic acids is 1. The molecule has 2 heterocycles. The van der Waals surface area contributed by atoms with E-state index in [0.717, 1.165) is 16.9 Å². The topological polar surface area (TPSA) is 88.4 Å². The number of allylic oxidation sites excluding steroid dienone is 1. The molecule has 3 aromatic rings. The van der Waals surface area contributed by atoms with Crippen LogP contribution in [0.3, 0.4) is 0 Å². The Hall–Kier alpha value is -3.85. The lowest BCUT2D eigenvalue weighted by atomic mass is 9.95. The molecule has 0 spiro atoms. The number of thiazole rings is 1. The van der Waals surface area contributed by atoms with E-state index in [1.165, 1.54) is 18.4 Å². The van der Waals surface area contributed by atoms with Crippen LogP contribution in [0.1, 0.15) is 36.6 Å². The monoisotopic (exact) mass is 508 g/mol. The second kappa shape index (κ2) is 10.4. The van der Waals surface area contributed by atoms with Gasteiger partial charge in [-0.2, -0.15) is 0 Å². The van der Waals surface area contributed by atoms with Gasteiger partial charge in [-0.1, -0.05) is 29.5 Å². The Morgan fingerprint density at radius 3 is 2.42 bits per heavy atom. The third-order valence-electron chi connectivity index (χ3n) is 5.97. The number of carbonyl (C=O) groups is 1. The minimum atomic E-state index is -0.741. The highest BCUT2D eigenvalue weighted by atomic mass is 32.1. The van der Waals surface area contributed by atoms with Crippen LogP contribution in [-0.4, -0.2) is 38.5 Å². The number of hydrogen-bond donors (Lipinski definition) is 0. The summed E-state index contributed by atoms with van der Waals surface area (Å²) < 4.78 is 23.7. The number of fused-ring (bicyclic) bond motifs is 1. The van der Waals surface area contributed by atoms with Gasteiger partial charge in [0.1, 0.15) is 5.75 Å². The molecule has 36 heavy (non-hydrogen) atoms. The van der Waals surface area contributed by atoms with E-state index in [0.29, 0.717) is 37.7 Å². The number of rotatable bonds is 7. The molecule has 0 amide bonds. The number of nitrogens with zero attached hydrogens (tertiary/aromatic N) is 2. The molecule has 1 atom stereocenters. The Labute approximate surface area is 212 Å². The normalized spacial score (nSPS) is 15.3. The molecule has 1 aliphatic rings. The summed E-state index contributed by atoms with van der Waals surface area (Å²) >= 11 is 1.27. The van der Waals surface area contributed by atoms with Crippen LogP contribution in [-0.2, 0) is 9.53 Å². The first kappa shape index (κ1) is 25.2. The zero-order valence-electron chi connectivity index (χ0n) is 21.1. The van der Waals surface area contributed by atoms with Crippen LogP contribution in [0.4, 0.5) is 0 Å². The lowest BCUT2D eigenvalue weighted by molar-refractivity contribution is -0.139. The second-order valence-electron chi connectivity index (χ2n) is 8.15. The van der Waals surface area contributed by atoms with E-state index in [-0.39, 0.29) is 12.2 Å². The zero-order chi connectivity index (χ0) is 26.0. The lowest BCUT2D eigenvalue weighted by Gasteiger charge is -2.25. The van der Waals surface area contributed by atoms with Gasteiger partial charge in [-0.15, -0.1) is 0 Å². The molecule has 188 valence electrons. The number of hydrogen-bond acceptors (Lipinski definition) is 8. The van der Waals surface area contributed by atoms with Crippen LogP contribution in [0.2, 0.25) is 0 Å². The van der Waals surface area contributed by atoms with Gasteiger partial charge in [-0.05, 0) is 61.7 Å². The van der Waals surface area contributed by atoms with E-state index in [1.807, 2.05) is 31.2 Å². The summed E-state index contributed by atoms with van der Waals surface area (Å²) in [5.74, 6) is 1.25. The average molecular weight is 509 g/mol. The van der Waals surface area contributed by atoms with Gasteiger partial charge in [0.2, 0.25) is 0 Å². The van der Waals surface area contributed by atoms with Gasteiger partial charge in [0.05, 0.1) is 49.8 Å². The summed E-state index contributed by atoms with van der Waals surface area (Å²) in [5, 5.41) is 0. The third-order valence-corrected chi connectivity index (χ3v) is 6.95. The molecule has 0 saturated heterocycles. The van der Waals surface area contributed by atoms with Crippen molar-refractivity contribution in [2.24, 2.45) is 4.99 Å². The highest BCUT2D eigenvalue weighted by Crippen LogP contribution is 2.36. The fourth-order valence-electron chi connectivity index (χ4n) is 4.21. The van der Waals surface area contributed by atoms with Crippen molar-refractivity contribution in [1.29, 1.82) is 0 Å².